The maximum absolute atomic E-state index is 11.9. The van der Waals surface area contributed by atoms with Crippen LogP contribution in [0.4, 0.5) is 0 Å². The largest absolute Gasteiger partial charge is 0.461 e. The molecule has 17 heavy (non-hydrogen) atoms. The summed E-state index contributed by atoms with van der Waals surface area (Å²) in [5.41, 5.74) is 1.70. The topological polar surface area (TPSA) is 31.2 Å². The van der Waals surface area contributed by atoms with Crippen molar-refractivity contribution >= 4 is 16.9 Å². The van der Waals surface area contributed by atoms with Crippen LogP contribution in [-0.2, 0) is 4.74 Å². The summed E-state index contributed by atoms with van der Waals surface area (Å²) in [6.07, 6.45) is 0. The predicted molar refractivity (Wildman–Crippen MR) is 68.3 cm³/mol. The van der Waals surface area contributed by atoms with Crippen molar-refractivity contribution < 1.29 is 9.53 Å². The zero-order chi connectivity index (χ0) is 12.4. The van der Waals surface area contributed by atoms with Gasteiger partial charge in [0.2, 0.25) is 0 Å². The van der Waals surface area contributed by atoms with E-state index in [9.17, 15) is 4.79 Å². The van der Waals surface area contributed by atoms with Crippen LogP contribution in [0.5, 0.6) is 0 Å². The number of hydrogen-bond donors (Lipinski definition) is 0. The Kier molecular flexibility index (Phi) is 3.18. The minimum absolute atomic E-state index is 0.231. The van der Waals surface area contributed by atoms with E-state index in [4.69, 9.17) is 4.74 Å². The summed E-state index contributed by atoms with van der Waals surface area (Å²) < 4.78 is 7.11. The van der Waals surface area contributed by atoms with Gasteiger partial charge in [0.05, 0.1) is 6.61 Å². The van der Waals surface area contributed by atoms with E-state index < -0.39 is 0 Å². The number of ether oxygens (including phenoxy) is 1. The van der Waals surface area contributed by atoms with E-state index in [1.165, 1.54) is 0 Å². The number of fused-ring (bicyclic) bond motifs is 1. The fraction of sp³-hybridized carbons (Fsp3) is 0.357. The lowest BCUT2D eigenvalue weighted by atomic mass is 10.2. The SMILES string of the molecule is CCOC(=O)c1cc2ccccc2n1C(C)C. The molecule has 1 aromatic heterocycles. The number of nitrogens with zero attached hydrogens (tertiary/aromatic N) is 1. The molecule has 0 aliphatic rings. The van der Waals surface area contributed by atoms with Gasteiger partial charge in [0.1, 0.15) is 5.69 Å². The van der Waals surface area contributed by atoms with E-state index >= 15 is 0 Å². The van der Waals surface area contributed by atoms with E-state index in [0.29, 0.717) is 12.3 Å². The molecule has 0 saturated heterocycles. The number of rotatable bonds is 3. The Labute approximate surface area is 101 Å². The zero-order valence-corrected chi connectivity index (χ0v) is 10.4. The zero-order valence-electron chi connectivity index (χ0n) is 10.4. The van der Waals surface area contributed by atoms with Crippen molar-refractivity contribution in [1.29, 1.82) is 0 Å². The lowest BCUT2D eigenvalue weighted by molar-refractivity contribution is 0.0513. The van der Waals surface area contributed by atoms with Crippen LogP contribution in [0.1, 0.15) is 37.3 Å². The average molecular weight is 231 g/mol. The standard InChI is InChI=1S/C14H17NO2/c1-4-17-14(16)13-9-11-7-5-6-8-12(11)15(13)10(2)3/h5-10H,4H2,1-3H3. The molecule has 90 valence electrons. The predicted octanol–water partition coefficient (Wildman–Crippen LogP) is 3.40. The maximum Gasteiger partial charge on any atom is 0.354 e. The molecule has 2 aromatic rings. The molecule has 0 unspecified atom stereocenters. The number of para-hydroxylation sites is 1. The highest BCUT2D eigenvalue weighted by Gasteiger charge is 2.17. The molecule has 0 spiro atoms. The summed E-state index contributed by atoms with van der Waals surface area (Å²) in [5, 5.41) is 1.07. The van der Waals surface area contributed by atoms with Crippen LogP contribution in [0.2, 0.25) is 0 Å². The van der Waals surface area contributed by atoms with Crippen molar-refractivity contribution in [3.63, 3.8) is 0 Å². The third-order valence-electron chi connectivity index (χ3n) is 2.75. The van der Waals surface area contributed by atoms with Gasteiger partial charge in [-0.3, -0.25) is 0 Å². The highest BCUT2D eigenvalue weighted by molar-refractivity contribution is 5.95. The van der Waals surface area contributed by atoms with Crippen molar-refractivity contribution in [3.8, 4) is 0 Å². The van der Waals surface area contributed by atoms with Crippen LogP contribution in [-0.4, -0.2) is 17.1 Å². The maximum atomic E-state index is 11.9. The first-order valence-electron chi connectivity index (χ1n) is 5.92. The third kappa shape index (κ3) is 2.05. The van der Waals surface area contributed by atoms with Crippen LogP contribution in [0, 0.1) is 0 Å². The van der Waals surface area contributed by atoms with Crippen molar-refractivity contribution in [2.75, 3.05) is 6.61 Å². The smallest absolute Gasteiger partial charge is 0.354 e. The Morgan fingerprint density at radius 1 is 1.35 bits per heavy atom. The number of carbonyl (C=O) groups is 1. The van der Waals surface area contributed by atoms with Gasteiger partial charge in [-0.15, -0.1) is 0 Å². The molecule has 3 heteroatoms. The molecule has 0 aliphatic heterocycles. The fourth-order valence-electron chi connectivity index (χ4n) is 2.09. The molecule has 0 aliphatic carbocycles. The molecule has 0 bridgehead atoms. The van der Waals surface area contributed by atoms with Crippen LogP contribution < -0.4 is 0 Å². The van der Waals surface area contributed by atoms with Gasteiger partial charge in [-0.05, 0) is 32.9 Å². The fourth-order valence-corrected chi connectivity index (χ4v) is 2.09. The monoisotopic (exact) mass is 231 g/mol. The molecule has 0 radical (unpaired) electrons. The number of carbonyl (C=O) groups excluding carboxylic acids is 1. The summed E-state index contributed by atoms with van der Waals surface area (Å²) in [6.45, 7) is 6.35. The van der Waals surface area contributed by atoms with Crippen LogP contribution in [0.15, 0.2) is 30.3 Å². The second-order valence-corrected chi connectivity index (χ2v) is 4.27. The second-order valence-electron chi connectivity index (χ2n) is 4.27. The molecule has 0 saturated carbocycles. The first-order valence-corrected chi connectivity index (χ1v) is 5.92. The van der Waals surface area contributed by atoms with E-state index in [1.807, 2.05) is 41.8 Å². The highest BCUT2D eigenvalue weighted by Crippen LogP contribution is 2.24. The van der Waals surface area contributed by atoms with E-state index in [-0.39, 0.29) is 12.0 Å². The molecule has 3 nitrogen and oxygen atoms in total. The normalized spacial score (nSPS) is 11.1. The highest BCUT2D eigenvalue weighted by atomic mass is 16.5. The van der Waals surface area contributed by atoms with E-state index in [0.717, 1.165) is 10.9 Å². The van der Waals surface area contributed by atoms with Crippen LogP contribution >= 0.6 is 0 Å². The van der Waals surface area contributed by atoms with Gasteiger partial charge in [-0.2, -0.15) is 0 Å². The first kappa shape index (κ1) is 11.7. The second kappa shape index (κ2) is 4.62. The minimum atomic E-state index is -0.252. The number of benzene rings is 1. The third-order valence-corrected chi connectivity index (χ3v) is 2.75. The molecular formula is C14H17NO2. The number of hydrogen-bond acceptors (Lipinski definition) is 2. The van der Waals surface area contributed by atoms with Crippen molar-refractivity contribution in [3.05, 3.63) is 36.0 Å². The van der Waals surface area contributed by atoms with Gasteiger partial charge in [0.15, 0.2) is 0 Å². The van der Waals surface area contributed by atoms with Gasteiger partial charge in [0, 0.05) is 16.9 Å². The Morgan fingerprint density at radius 2 is 2.06 bits per heavy atom. The lowest BCUT2D eigenvalue weighted by Gasteiger charge is -2.13. The molecule has 0 amide bonds. The van der Waals surface area contributed by atoms with Crippen molar-refractivity contribution in [1.82, 2.24) is 4.57 Å². The lowest BCUT2D eigenvalue weighted by Crippen LogP contribution is -2.13. The summed E-state index contributed by atoms with van der Waals surface area (Å²) in [6, 6.07) is 10.1. The molecule has 0 N–H and O–H groups in total. The first-order chi connectivity index (χ1) is 8.15. The van der Waals surface area contributed by atoms with Crippen molar-refractivity contribution in [2.24, 2.45) is 0 Å². The van der Waals surface area contributed by atoms with Gasteiger partial charge in [0.25, 0.3) is 0 Å². The Balaban J connectivity index is 2.61. The summed E-state index contributed by atoms with van der Waals surface area (Å²) in [7, 11) is 0. The Hall–Kier alpha value is -1.77. The number of esters is 1. The van der Waals surface area contributed by atoms with Gasteiger partial charge in [-0.25, -0.2) is 4.79 Å². The molecule has 0 fully saturated rings. The van der Waals surface area contributed by atoms with Crippen molar-refractivity contribution in [2.45, 2.75) is 26.8 Å². The molecular weight excluding hydrogens is 214 g/mol. The quantitative estimate of drug-likeness (QED) is 0.758. The van der Waals surface area contributed by atoms with E-state index in [2.05, 4.69) is 13.8 Å². The molecule has 0 atom stereocenters. The Morgan fingerprint density at radius 3 is 2.71 bits per heavy atom. The van der Waals surface area contributed by atoms with E-state index in [1.54, 1.807) is 0 Å². The van der Waals surface area contributed by atoms with Crippen LogP contribution in [0.3, 0.4) is 0 Å². The van der Waals surface area contributed by atoms with Crippen LogP contribution in [0.25, 0.3) is 10.9 Å². The summed E-state index contributed by atoms with van der Waals surface area (Å²) >= 11 is 0. The number of aromatic nitrogens is 1. The van der Waals surface area contributed by atoms with Gasteiger partial charge < -0.3 is 9.30 Å². The average Bonchev–Trinajstić information content (AvgIpc) is 2.68. The summed E-state index contributed by atoms with van der Waals surface area (Å²) in [4.78, 5) is 11.9. The van der Waals surface area contributed by atoms with Gasteiger partial charge in [-0.1, -0.05) is 18.2 Å². The summed E-state index contributed by atoms with van der Waals surface area (Å²) in [5.74, 6) is -0.252. The van der Waals surface area contributed by atoms with Gasteiger partial charge >= 0.3 is 5.97 Å². The molecule has 1 aromatic carbocycles. The Bertz CT molecular complexity index is 540. The molecule has 2 rings (SSSR count). The minimum Gasteiger partial charge on any atom is -0.461 e. The molecule has 1 heterocycles.